The topological polar surface area (TPSA) is 38.1 Å². The first-order valence-corrected chi connectivity index (χ1v) is 9.69. The van der Waals surface area contributed by atoms with Gasteiger partial charge in [-0.3, -0.25) is 14.4 Å². The maximum Gasteiger partial charge on any atom is 0.168 e. The molecule has 3 rings (SSSR count). The summed E-state index contributed by atoms with van der Waals surface area (Å²) in [4.78, 5) is 16.5. The van der Waals surface area contributed by atoms with Crippen molar-refractivity contribution in [3.8, 4) is 0 Å². The molecule has 5 heteroatoms. The summed E-state index contributed by atoms with van der Waals surface area (Å²) >= 11 is 1.65. The molecule has 0 spiro atoms. The third-order valence-electron chi connectivity index (χ3n) is 4.98. The van der Waals surface area contributed by atoms with Crippen molar-refractivity contribution >= 4 is 17.5 Å². The molecule has 0 saturated carbocycles. The lowest BCUT2D eigenvalue weighted by Crippen LogP contribution is -2.38. The number of aryl methyl sites for hydroxylation is 1. The van der Waals surface area contributed by atoms with E-state index in [1.165, 1.54) is 11.3 Å². The largest absolute Gasteiger partial charge is 0.298 e. The van der Waals surface area contributed by atoms with Gasteiger partial charge in [0.15, 0.2) is 5.78 Å². The Balaban J connectivity index is 1.71. The van der Waals surface area contributed by atoms with Crippen LogP contribution in [0.3, 0.4) is 0 Å². The molecule has 2 heterocycles. The number of carbonyl (C=O) groups is 1. The van der Waals surface area contributed by atoms with Crippen molar-refractivity contribution < 1.29 is 4.79 Å². The van der Waals surface area contributed by atoms with Gasteiger partial charge in [0.1, 0.15) is 0 Å². The number of hydrogen-bond acceptors (Lipinski definition) is 4. The number of ketones is 1. The maximum atomic E-state index is 13.0. The Morgan fingerprint density at radius 1 is 1.38 bits per heavy atom. The summed E-state index contributed by atoms with van der Waals surface area (Å²) in [6, 6.07) is 7.98. The normalized spacial score (nSPS) is 18.7. The number of rotatable bonds is 5. The second kappa shape index (κ2) is 7.53. The van der Waals surface area contributed by atoms with Gasteiger partial charge in [-0.2, -0.15) is 5.10 Å². The van der Waals surface area contributed by atoms with Gasteiger partial charge >= 0.3 is 0 Å². The van der Waals surface area contributed by atoms with E-state index < -0.39 is 0 Å². The molecule has 0 amide bonds. The number of Topliss-reactive ketones (excluding diaryl/α,β-unsaturated/α-hetero) is 1. The van der Waals surface area contributed by atoms with Crippen LogP contribution in [0.25, 0.3) is 0 Å². The van der Waals surface area contributed by atoms with Gasteiger partial charge < -0.3 is 0 Å². The molecule has 0 bridgehead atoms. The lowest BCUT2D eigenvalue weighted by molar-refractivity contribution is 0.0808. The summed E-state index contributed by atoms with van der Waals surface area (Å²) in [6.07, 6.45) is 6.05. The Kier molecular flexibility index (Phi) is 5.41. The molecule has 128 valence electrons. The molecule has 2 aromatic rings. The summed E-state index contributed by atoms with van der Waals surface area (Å²) in [5.74, 6) is 0.400. The second-order valence-corrected chi connectivity index (χ2v) is 7.37. The molecular weight excluding hydrogens is 318 g/mol. The van der Waals surface area contributed by atoms with Gasteiger partial charge in [0.2, 0.25) is 0 Å². The van der Waals surface area contributed by atoms with Gasteiger partial charge in [-0.15, -0.1) is 11.8 Å². The molecule has 0 radical (unpaired) electrons. The minimum absolute atomic E-state index is 0.101. The van der Waals surface area contributed by atoms with E-state index in [1.54, 1.807) is 11.8 Å². The molecular formula is C19H25N3OS. The average molecular weight is 343 g/mol. The smallest absolute Gasteiger partial charge is 0.168 e. The van der Waals surface area contributed by atoms with Gasteiger partial charge in [-0.1, -0.05) is 18.2 Å². The van der Waals surface area contributed by atoms with Crippen LogP contribution in [0.4, 0.5) is 0 Å². The van der Waals surface area contributed by atoms with Gasteiger partial charge in [-0.25, -0.2) is 0 Å². The first-order chi connectivity index (χ1) is 11.6. The van der Waals surface area contributed by atoms with Crippen LogP contribution in [0.5, 0.6) is 0 Å². The highest BCUT2D eigenvalue weighted by Gasteiger charge is 2.28. The van der Waals surface area contributed by atoms with Crippen molar-refractivity contribution in [3.63, 3.8) is 0 Å². The van der Waals surface area contributed by atoms with Crippen molar-refractivity contribution in [2.75, 3.05) is 19.3 Å². The monoisotopic (exact) mass is 343 g/mol. The van der Waals surface area contributed by atoms with Crippen molar-refractivity contribution in [2.45, 2.75) is 31.2 Å². The first-order valence-electron chi connectivity index (χ1n) is 8.47. The van der Waals surface area contributed by atoms with Crippen LogP contribution < -0.4 is 0 Å². The Bertz CT molecular complexity index is 725. The fraction of sp³-hybridized carbons (Fsp3) is 0.474. The van der Waals surface area contributed by atoms with E-state index in [1.807, 2.05) is 48.4 Å². The zero-order valence-electron chi connectivity index (χ0n) is 14.7. The van der Waals surface area contributed by atoms with Crippen LogP contribution in [0.2, 0.25) is 0 Å². The number of carbonyl (C=O) groups excluding carboxylic acids is 1. The molecule has 0 unspecified atom stereocenters. The zero-order chi connectivity index (χ0) is 17.1. The Morgan fingerprint density at radius 2 is 2.17 bits per heavy atom. The molecule has 1 atom stereocenters. The minimum atomic E-state index is 0.101. The minimum Gasteiger partial charge on any atom is -0.298 e. The molecule has 1 aromatic carbocycles. The van der Waals surface area contributed by atoms with Crippen LogP contribution in [-0.2, 0) is 13.6 Å². The Labute approximate surface area is 148 Å². The quantitative estimate of drug-likeness (QED) is 0.615. The number of thioether (sulfide) groups is 1. The lowest BCUT2D eigenvalue weighted by Gasteiger charge is -2.32. The highest BCUT2D eigenvalue weighted by molar-refractivity contribution is 7.98. The van der Waals surface area contributed by atoms with Crippen LogP contribution in [-0.4, -0.2) is 39.8 Å². The highest BCUT2D eigenvalue weighted by Crippen LogP contribution is 2.27. The van der Waals surface area contributed by atoms with E-state index in [0.29, 0.717) is 5.78 Å². The lowest BCUT2D eigenvalue weighted by atomic mass is 9.90. The number of nitrogens with zero attached hydrogens (tertiary/aromatic N) is 3. The van der Waals surface area contributed by atoms with E-state index in [2.05, 4.69) is 16.9 Å². The number of piperidine rings is 1. The van der Waals surface area contributed by atoms with Gasteiger partial charge in [0.25, 0.3) is 0 Å². The summed E-state index contributed by atoms with van der Waals surface area (Å²) in [5, 5.41) is 4.33. The predicted octanol–water partition coefficient (Wildman–Crippen LogP) is 3.55. The molecule has 1 aliphatic rings. The number of aromatic nitrogens is 2. The van der Waals surface area contributed by atoms with Gasteiger partial charge in [0, 0.05) is 47.8 Å². The molecule has 24 heavy (non-hydrogen) atoms. The molecule has 0 N–H and O–H groups in total. The summed E-state index contributed by atoms with van der Waals surface area (Å²) in [6.45, 7) is 4.88. The summed E-state index contributed by atoms with van der Waals surface area (Å²) < 4.78 is 1.91. The molecule has 1 aromatic heterocycles. The standard InChI is InChI=1S/C19H25N3OS/c1-14-16(11-20-21(14)2)13-22-10-6-7-15(12-22)19(23)17-8-4-5-9-18(17)24-3/h4-5,8-9,11,15H,6-7,10,12-13H2,1-3H3/t15-/m0/s1. The fourth-order valence-electron chi connectivity index (χ4n) is 3.42. The zero-order valence-corrected chi connectivity index (χ0v) is 15.5. The molecule has 1 fully saturated rings. The molecule has 1 saturated heterocycles. The molecule has 0 aliphatic carbocycles. The molecule has 4 nitrogen and oxygen atoms in total. The van der Waals surface area contributed by atoms with Crippen LogP contribution >= 0.6 is 11.8 Å². The van der Waals surface area contributed by atoms with Crippen molar-refractivity contribution in [1.29, 1.82) is 0 Å². The van der Waals surface area contributed by atoms with Crippen LogP contribution in [0.1, 0.15) is 34.5 Å². The van der Waals surface area contributed by atoms with Gasteiger partial charge in [0.05, 0.1) is 6.20 Å². The van der Waals surface area contributed by atoms with Crippen LogP contribution in [0, 0.1) is 12.8 Å². The maximum absolute atomic E-state index is 13.0. The Hall–Kier alpha value is -1.59. The summed E-state index contributed by atoms with van der Waals surface area (Å²) in [7, 11) is 1.97. The van der Waals surface area contributed by atoms with E-state index in [4.69, 9.17) is 0 Å². The van der Waals surface area contributed by atoms with E-state index >= 15 is 0 Å². The van der Waals surface area contributed by atoms with E-state index in [-0.39, 0.29) is 5.92 Å². The van der Waals surface area contributed by atoms with E-state index in [9.17, 15) is 4.79 Å². The SMILES string of the molecule is CSc1ccccc1C(=O)[C@H]1CCCN(Cc2cnn(C)c2C)C1. The van der Waals surface area contributed by atoms with Gasteiger partial charge in [-0.05, 0) is 38.6 Å². The second-order valence-electron chi connectivity index (χ2n) is 6.52. The van der Waals surface area contributed by atoms with E-state index in [0.717, 1.165) is 42.9 Å². The number of hydrogen-bond donors (Lipinski definition) is 0. The molecule has 1 aliphatic heterocycles. The highest BCUT2D eigenvalue weighted by atomic mass is 32.2. The third-order valence-corrected chi connectivity index (χ3v) is 5.78. The van der Waals surface area contributed by atoms with Crippen molar-refractivity contribution in [3.05, 3.63) is 47.3 Å². The predicted molar refractivity (Wildman–Crippen MR) is 98.5 cm³/mol. The van der Waals surface area contributed by atoms with Crippen molar-refractivity contribution in [2.24, 2.45) is 13.0 Å². The third kappa shape index (κ3) is 3.57. The Morgan fingerprint density at radius 3 is 2.88 bits per heavy atom. The summed E-state index contributed by atoms with van der Waals surface area (Å²) in [5.41, 5.74) is 3.35. The van der Waals surface area contributed by atoms with Crippen molar-refractivity contribution in [1.82, 2.24) is 14.7 Å². The first kappa shape index (κ1) is 17.2. The number of likely N-dealkylation sites (tertiary alicyclic amines) is 1. The van der Waals surface area contributed by atoms with Crippen LogP contribution in [0.15, 0.2) is 35.4 Å². The fourth-order valence-corrected chi connectivity index (χ4v) is 4.02. The average Bonchev–Trinajstić information content (AvgIpc) is 2.93. The number of benzene rings is 1.